The molecule has 1 aliphatic rings. The predicted molar refractivity (Wildman–Crippen MR) is 77.2 cm³/mol. The highest BCUT2D eigenvalue weighted by molar-refractivity contribution is 5.91. The third-order valence-corrected chi connectivity index (χ3v) is 4.12. The van der Waals surface area contributed by atoms with E-state index in [-0.39, 0.29) is 5.91 Å². The molecule has 3 aromatic rings. The lowest BCUT2D eigenvalue weighted by atomic mass is 9.96. The summed E-state index contributed by atoms with van der Waals surface area (Å²) >= 11 is 0. The van der Waals surface area contributed by atoms with Gasteiger partial charge >= 0.3 is 0 Å². The number of aromatic nitrogens is 6. The second-order valence-electron chi connectivity index (χ2n) is 5.41. The van der Waals surface area contributed by atoms with E-state index in [0.29, 0.717) is 24.7 Å². The molecule has 0 bridgehead atoms. The SMILES string of the molecule is O=C(c1cn[nH]n1)N1CCC(c2nnc3ccccn23)CC1. The van der Waals surface area contributed by atoms with Crippen LogP contribution in [0, 0.1) is 0 Å². The average molecular weight is 297 g/mol. The minimum Gasteiger partial charge on any atom is -0.337 e. The average Bonchev–Trinajstić information content (AvgIpc) is 3.24. The second kappa shape index (κ2) is 5.21. The van der Waals surface area contributed by atoms with Crippen LogP contribution >= 0.6 is 0 Å². The molecule has 0 aliphatic carbocycles. The highest BCUT2D eigenvalue weighted by atomic mass is 16.2. The van der Waals surface area contributed by atoms with Gasteiger partial charge < -0.3 is 4.90 Å². The van der Waals surface area contributed by atoms with Crippen LogP contribution in [0.1, 0.15) is 35.1 Å². The number of hydrogen-bond acceptors (Lipinski definition) is 5. The molecule has 0 saturated carbocycles. The molecule has 8 heteroatoms. The Kier molecular flexibility index (Phi) is 3.06. The Morgan fingerprint density at radius 1 is 1.23 bits per heavy atom. The standard InChI is InChI=1S/C14H15N7O/c22-14(11-9-15-19-16-11)20-7-4-10(5-8-20)13-18-17-12-3-1-2-6-21(12)13/h1-3,6,9-10H,4-5,7-8H2,(H,15,16,19). The molecular weight excluding hydrogens is 282 g/mol. The lowest BCUT2D eigenvalue weighted by Gasteiger charge is -2.30. The van der Waals surface area contributed by atoms with Crippen molar-refractivity contribution in [3.63, 3.8) is 0 Å². The van der Waals surface area contributed by atoms with E-state index in [9.17, 15) is 4.79 Å². The Labute approximate surface area is 126 Å². The molecule has 1 saturated heterocycles. The number of piperidine rings is 1. The van der Waals surface area contributed by atoms with Gasteiger partial charge in [0.05, 0.1) is 6.20 Å². The second-order valence-corrected chi connectivity index (χ2v) is 5.41. The number of pyridine rings is 1. The maximum absolute atomic E-state index is 12.2. The van der Waals surface area contributed by atoms with E-state index in [1.807, 2.05) is 33.7 Å². The molecule has 4 heterocycles. The highest BCUT2D eigenvalue weighted by Crippen LogP contribution is 2.27. The van der Waals surface area contributed by atoms with Gasteiger partial charge in [-0.3, -0.25) is 9.20 Å². The van der Waals surface area contributed by atoms with Crippen molar-refractivity contribution in [2.45, 2.75) is 18.8 Å². The van der Waals surface area contributed by atoms with Crippen LogP contribution in [0.25, 0.3) is 5.65 Å². The molecule has 1 N–H and O–H groups in total. The minimum absolute atomic E-state index is 0.0710. The number of hydrogen-bond donors (Lipinski definition) is 1. The first-order valence-corrected chi connectivity index (χ1v) is 7.27. The molecule has 0 radical (unpaired) electrons. The van der Waals surface area contributed by atoms with Crippen molar-refractivity contribution in [3.8, 4) is 0 Å². The van der Waals surface area contributed by atoms with Gasteiger partial charge in [0.15, 0.2) is 11.3 Å². The summed E-state index contributed by atoms with van der Waals surface area (Å²) in [5, 5.41) is 18.5. The summed E-state index contributed by atoms with van der Waals surface area (Å²) in [5.41, 5.74) is 1.23. The number of carbonyl (C=O) groups is 1. The molecule has 4 rings (SSSR count). The first kappa shape index (κ1) is 12.9. The molecule has 1 amide bonds. The van der Waals surface area contributed by atoms with E-state index in [1.165, 1.54) is 6.20 Å². The van der Waals surface area contributed by atoms with Crippen LogP contribution in [0.4, 0.5) is 0 Å². The van der Waals surface area contributed by atoms with Crippen molar-refractivity contribution in [1.82, 2.24) is 34.9 Å². The van der Waals surface area contributed by atoms with Crippen molar-refractivity contribution in [2.24, 2.45) is 0 Å². The Hall–Kier alpha value is -2.77. The van der Waals surface area contributed by atoms with E-state index < -0.39 is 0 Å². The largest absolute Gasteiger partial charge is 0.337 e. The molecule has 3 aromatic heterocycles. The number of H-pyrrole nitrogens is 1. The van der Waals surface area contributed by atoms with Crippen LogP contribution in [0.2, 0.25) is 0 Å². The number of rotatable bonds is 2. The first-order valence-electron chi connectivity index (χ1n) is 7.27. The quantitative estimate of drug-likeness (QED) is 0.757. The van der Waals surface area contributed by atoms with Crippen LogP contribution in [-0.2, 0) is 0 Å². The summed E-state index contributed by atoms with van der Waals surface area (Å²) in [4.78, 5) is 14.1. The van der Waals surface area contributed by atoms with Gasteiger partial charge in [-0.2, -0.15) is 15.4 Å². The van der Waals surface area contributed by atoms with Crippen LogP contribution in [-0.4, -0.2) is 53.9 Å². The summed E-state index contributed by atoms with van der Waals surface area (Å²) in [6, 6.07) is 5.87. The van der Waals surface area contributed by atoms with Gasteiger partial charge in [-0.25, -0.2) is 0 Å². The normalized spacial score (nSPS) is 16.3. The molecular formula is C14H15N7O. The van der Waals surface area contributed by atoms with Crippen molar-refractivity contribution >= 4 is 11.6 Å². The number of carbonyl (C=O) groups excluding carboxylic acids is 1. The molecule has 1 aliphatic heterocycles. The molecule has 0 spiro atoms. The fourth-order valence-electron chi connectivity index (χ4n) is 2.95. The van der Waals surface area contributed by atoms with Crippen LogP contribution in [0.5, 0.6) is 0 Å². The molecule has 8 nitrogen and oxygen atoms in total. The van der Waals surface area contributed by atoms with Gasteiger partial charge in [0, 0.05) is 25.2 Å². The van der Waals surface area contributed by atoms with Crippen molar-refractivity contribution in [1.29, 1.82) is 0 Å². The number of likely N-dealkylation sites (tertiary alicyclic amines) is 1. The number of fused-ring (bicyclic) bond motifs is 1. The van der Waals surface area contributed by atoms with Gasteiger partial charge in [0.1, 0.15) is 5.82 Å². The minimum atomic E-state index is -0.0710. The van der Waals surface area contributed by atoms with Gasteiger partial charge in [0.2, 0.25) is 0 Å². The number of amides is 1. The van der Waals surface area contributed by atoms with Crippen molar-refractivity contribution in [3.05, 3.63) is 42.1 Å². The smallest absolute Gasteiger partial charge is 0.276 e. The van der Waals surface area contributed by atoms with E-state index in [0.717, 1.165) is 24.3 Å². The van der Waals surface area contributed by atoms with Gasteiger partial charge in [-0.05, 0) is 25.0 Å². The van der Waals surface area contributed by atoms with E-state index in [2.05, 4.69) is 25.6 Å². The number of aromatic amines is 1. The lowest BCUT2D eigenvalue weighted by molar-refractivity contribution is 0.0705. The lowest BCUT2D eigenvalue weighted by Crippen LogP contribution is -2.38. The molecule has 0 aromatic carbocycles. The molecule has 0 unspecified atom stereocenters. The predicted octanol–water partition coefficient (Wildman–Crippen LogP) is 0.867. The first-order chi connectivity index (χ1) is 10.8. The monoisotopic (exact) mass is 297 g/mol. The molecule has 22 heavy (non-hydrogen) atoms. The maximum Gasteiger partial charge on any atom is 0.276 e. The molecule has 112 valence electrons. The Morgan fingerprint density at radius 2 is 2.09 bits per heavy atom. The zero-order valence-electron chi connectivity index (χ0n) is 11.9. The van der Waals surface area contributed by atoms with E-state index in [1.54, 1.807) is 0 Å². The Bertz CT molecular complexity index is 786. The van der Waals surface area contributed by atoms with Gasteiger partial charge in [-0.1, -0.05) is 6.07 Å². The topological polar surface area (TPSA) is 92.1 Å². The van der Waals surface area contributed by atoms with Crippen molar-refractivity contribution in [2.75, 3.05) is 13.1 Å². The Balaban J connectivity index is 1.49. The van der Waals surface area contributed by atoms with Gasteiger partial charge in [-0.15, -0.1) is 10.2 Å². The van der Waals surface area contributed by atoms with Gasteiger partial charge in [0.25, 0.3) is 5.91 Å². The molecule has 1 fully saturated rings. The molecule has 0 atom stereocenters. The van der Waals surface area contributed by atoms with Crippen LogP contribution in [0.15, 0.2) is 30.6 Å². The van der Waals surface area contributed by atoms with Crippen LogP contribution in [0.3, 0.4) is 0 Å². The summed E-state index contributed by atoms with van der Waals surface area (Å²) in [6.45, 7) is 1.39. The third kappa shape index (κ3) is 2.12. The number of nitrogens with one attached hydrogen (secondary N) is 1. The summed E-state index contributed by atoms with van der Waals surface area (Å²) in [6.07, 6.45) is 5.19. The maximum atomic E-state index is 12.2. The van der Waals surface area contributed by atoms with E-state index >= 15 is 0 Å². The summed E-state index contributed by atoms with van der Waals surface area (Å²) in [5.74, 6) is 1.22. The van der Waals surface area contributed by atoms with E-state index in [4.69, 9.17) is 0 Å². The third-order valence-electron chi connectivity index (χ3n) is 4.12. The Morgan fingerprint density at radius 3 is 2.86 bits per heavy atom. The number of nitrogens with zero attached hydrogens (tertiary/aromatic N) is 6. The zero-order chi connectivity index (χ0) is 14.9. The van der Waals surface area contributed by atoms with Crippen molar-refractivity contribution < 1.29 is 4.79 Å². The fraction of sp³-hybridized carbons (Fsp3) is 0.357. The zero-order valence-corrected chi connectivity index (χ0v) is 11.9. The summed E-state index contributed by atoms with van der Waals surface area (Å²) < 4.78 is 2.03. The summed E-state index contributed by atoms with van der Waals surface area (Å²) in [7, 11) is 0. The van der Waals surface area contributed by atoms with Crippen LogP contribution < -0.4 is 0 Å². The fourth-order valence-corrected chi connectivity index (χ4v) is 2.95. The highest BCUT2D eigenvalue weighted by Gasteiger charge is 2.28.